The monoisotopic (exact) mass is 270 g/mol. The molecule has 0 saturated heterocycles. The van der Waals surface area contributed by atoms with Crippen molar-refractivity contribution in [1.29, 1.82) is 5.26 Å². The Hall–Kier alpha value is -2.39. The number of fused-ring (bicyclic) bond motifs is 1. The van der Waals surface area contributed by atoms with E-state index in [-0.39, 0.29) is 0 Å². The Labute approximate surface area is 114 Å². The zero-order valence-corrected chi connectivity index (χ0v) is 11.0. The lowest BCUT2D eigenvalue weighted by molar-refractivity contribution is 0.459. The lowest BCUT2D eigenvalue weighted by Crippen LogP contribution is -1.99. The predicted molar refractivity (Wildman–Crippen MR) is 72.2 cm³/mol. The van der Waals surface area contributed by atoms with E-state index in [0.29, 0.717) is 22.8 Å². The van der Waals surface area contributed by atoms with Crippen LogP contribution in [0.4, 0.5) is 0 Å². The first-order chi connectivity index (χ1) is 9.17. The molecule has 2 heterocycles. The first-order valence-electron chi connectivity index (χ1n) is 5.71. The third kappa shape index (κ3) is 2.04. The van der Waals surface area contributed by atoms with Gasteiger partial charge in [0.1, 0.15) is 12.3 Å². The summed E-state index contributed by atoms with van der Waals surface area (Å²) in [7, 11) is 0. The molecule has 94 valence electrons. The summed E-state index contributed by atoms with van der Waals surface area (Å²) < 4.78 is 7.92. The van der Waals surface area contributed by atoms with Crippen LogP contribution in [0.2, 0.25) is 0 Å². The molecule has 0 unspecified atom stereocenters. The van der Waals surface area contributed by atoms with E-state index in [4.69, 9.17) is 21.9 Å². The van der Waals surface area contributed by atoms with Gasteiger partial charge in [0, 0.05) is 0 Å². The Morgan fingerprint density at radius 1 is 1.53 bits per heavy atom. The van der Waals surface area contributed by atoms with Crippen LogP contribution in [0.5, 0.6) is 0 Å². The average molecular weight is 270 g/mol. The Morgan fingerprint density at radius 2 is 2.37 bits per heavy atom. The fraction of sp³-hybridized carbons (Fsp3) is 0.154. The van der Waals surface area contributed by atoms with Gasteiger partial charge < -0.3 is 14.0 Å². The van der Waals surface area contributed by atoms with Crippen LogP contribution in [-0.4, -0.2) is 14.5 Å². The standard InChI is InChI=1S/C13H10N4OS/c1-8-6-15-12(18-8)7-17-11-4-9(5-14)2-3-10(11)16-13(17)19/h2-4,6H,7H2,1H3,(H,16,19). The topological polar surface area (TPSA) is 70.5 Å². The van der Waals surface area contributed by atoms with Crippen LogP contribution in [-0.2, 0) is 6.54 Å². The van der Waals surface area contributed by atoms with Gasteiger partial charge in [0.05, 0.1) is 28.9 Å². The molecule has 0 fully saturated rings. The van der Waals surface area contributed by atoms with Gasteiger partial charge in [0.2, 0.25) is 5.89 Å². The van der Waals surface area contributed by atoms with Crippen molar-refractivity contribution in [2.75, 3.05) is 0 Å². The lowest BCUT2D eigenvalue weighted by Gasteiger charge is -2.01. The highest BCUT2D eigenvalue weighted by Gasteiger charge is 2.09. The van der Waals surface area contributed by atoms with Crippen molar-refractivity contribution in [2.24, 2.45) is 0 Å². The Bertz CT molecular complexity index is 850. The van der Waals surface area contributed by atoms with E-state index in [1.54, 1.807) is 18.3 Å². The van der Waals surface area contributed by atoms with Gasteiger partial charge in [0.15, 0.2) is 4.77 Å². The molecule has 0 amide bonds. The smallest absolute Gasteiger partial charge is 0.214 e. The van der Waals surface area contributed by atoms with Gasteiger partial charge in [0.25, 0.3) is 0 Å². The number of imidazole rings is 1. The molecule has 0 radical (unpaired) electrons. The minimum atomic E-state index is 0.446. The summed E-state index contributed by atoms with van der Waals surface area (Å²) in [6.07, 6.45) is 1.68. The van der Waals surface area contributed by atoms with Crippen molar-refractivity contribution in [2.45, 2.75) is 13.5 Å². The second-order valence-electron chi connectivity index (χ2n) is 4.22. The summed E-state index contributed by atoms with van der Waals surface area (Å²) in [6.45, 7) is 2.29. The van der Waals surface area contributed by atoms with Crippen LogP contribution in [0, 0.1) is 23.0 Å². The molecule has 0 atom stereocenters. The number of aromatic nitrogens is 3. The van der Waals surface area contributed by atoms with Crippen LogP contribution in [0.1, 0.15) is 17.2 Å². The van der Waals surface area contributed by atoms with E-state index >= 15 is 0 Å². The third-order valence-corrected chi connectivity index (χ3v) is 3.19. The molecule has 6 heteroatoms. The van der Waals surface area contributed by atoms with Gasteiger partial charge in [-0.2, -0.15) is 5.26 Å². The molecule has 2 aromatic heterocycles. The molecular formula is C13H10N4OS. The molecule has 0 bridgehead atoms. The fourth-order valence-corrected chi connectivity index (χ4v) is 2.26. The summed E-state index contributed by atoms with van der Waals surface area (Å²) in [5.41, 5.74) is 2.37. The maximum absolute atomic E-state index is 8.96. The summed E-state index contributed by atoms with van der Waals surface area (Å²) >= 11 is 5.29. The van der Waals surface area contributed by atoms with Crippen molar-refractivity contribution >= 4 is 23.3 Å². The zero-order chi connectivity index (χ0) is 13.4. The highest BCUT2D eigenvalue weighted by atomic mass is 32.1. The summed E-state index contributed by atoms with van der Waals surface area (Å²) in [4.78, 5) is 7.27. The number of rotatable bonds is 2. The number of aryl methyl sites for hydroxylation is 1. The first-order valence-corrected chi connectivity index (χ1v) is 6.12. The molecule has 19 heavy (non-hydrogen) atoms. The lowest BCUT2D eigenvalue weighted by atomic mass is 10.2. The third-order valence-electron chi connectivity index (χ3n) is 2.87. The number of nitriles is 1. The molecule has 1 aromatic carbocycles. The predicted octanol–water partition coefficient (Wildman–Crippen LogP) is 2.92. The second kappa shape index (κ2) is 4.37. The summed E-state index contributed by atoms with van der Waals surface area (Å²) in [5.74, 6) is 1.36. The number of nitrogens with zero attached hydrogens (tertiary/aromatic N) is 3. The van der Waals surface area contributed by atoms with Crippen LogP contribution in [0.3, 0.4) is 0 Å². The van der Waals surface area contributed by atoms with E-state index < -0.39 is 0 Å². The maximum atomic E-state index is 8.96. The van der Waals surface area contributed by atoms with Crippen LogP contribution in [0.25, 0.3) is 11.0 Å². The number of aromatic amines is 1. The van der Waals surface area contributed by atoms with E-state index in [0.717, 1.165) is 16.8 Å². The van der Waals surface area contributed by atoms with Gasteiger partial charge >= 0.3 is 0 Å². The minimum absolute atomic E-state index is 0.446. The molecule has 0 saturated carbocycles. The van der Waals surface area contributed by atoms with E-state index in [1.807, 2.05) is 17.6 Å². The van der Waals surface area contributed by atoms with Crippen LogP contribution in [0.15, 0.2) is 28.8 Å². The number of hydrogen-bond acceptors (Lipinski definition) is 4. The van der Waals surface area contributed by atoms with E-state index in [1.165, 1.54) is 0 Å². The van der Waals surface area contributed by atoms with Crippen molar-refractivity contribution in [3.63, 3.8) is 0 Å². The fourth-order valence-electron chi connectivity index (χ4n) is 1.99. The first kappa shape index (κ1) is 11.7. The maximum Gasteiger partial charge on any atom is 0.214 e. The zero-order valence-electron chi connectivity index (χ0n) is 10.2. The average Bonchev–Trinajstić information content (AvgIpc) is 2.94. The van der Waals surface area contributed by atoms with Gasteiger partial charge in [-0.1, -0.05) is 0 Å². The molecular weight excluding hydrogens is 260 g/mol. The summed E-state index contributed by atoms with van der Waals surface area (Å²) in [6, 6.07) is 7.53. The van der Waals surface area contributed by atoms with Crippen molar-refractivity contribution in [3.05, 3.63) is 46.4 Å². The van der Waals surface area contributed by atoms with Gasteiger partial charge in [-0.25, -0.2) is 4.98 Å². The molecule has 0 spiro atoms. The van der Waals surface area contributed by atoms with Crippen molar-refractivity contribution in [1.82, 2.24) is 14.5 Å². The Kier molecular flexibility index (Phi) is 2.69. The van der Waals surface area contributed by atoms with Crippen LogP contribution >= 0.6 is 12.2 Å². The number of benzene rings is 1. The molecule has 3 aromatic rings. The second-order valence-corrected chi connectivity index (χ2v) is 4.61. The van der Waals surface area contributed by atoms with Crippen molar-refractivity contribution < 1.29 is 4.42 Å². The van der Waals surface area contributed by atoms with Crippen molar-refractivity contribution in [3.8, 4) is 6.07 Å². The Morgan fingerprint density at radius 3 is 3.05 bits per heavy atom. The summed E-state index contributed by atoms with van der Waals surface area (Å²) in [5, 5.41) is 8.96. The van der Waals surface area contributed by atoms with Gasteiger partial charge in [-0.15, -0.1) is 0 Å². The van der Waals surface area contributed by atoms with E-state index in [2.05, 4.69) is 16.0 Å². The Balaban J connectivity index is 2.14. The van der Waals surface area contributed by atoms with Crippen LogP contribution < -0.4 is 0 Å². The van der Waals surface area contributed by atoms with Gasteiger partial charge in [-0.05, 0) is 37.3 Å². The number of hydrogen-bond donors (Lipinski definition) is 1. The molecule has 0 aliphatic carbocycles. The number of oxazole rings is 1. The number of H-pyrrole nitrogens is 1. The van der Waals surface area contributed by atoms with Gasteiger partial charge in [-0.3, -0.25) is 0 Å². The molecule has 0 aliphatic rings. The highest BCUT2D eigenvalue weighted by molar-refractivity contribution is 7.71. The molecule has 1 N–H and O–H groups in total. The number of nitrogens with one attached hydrogen (secondary N) is 1. The quantitative estimate of drug-likeness (QED) is 0.727. The highest BCUT2D eigenvalue weighted by Crippen LogP contribution is 2.17. The largest absolute Gasteiger partial charge is 0.444 e. The normalized spacial score (nSPS) is 10.7. The molecule has 3 rings (SSSR count). The van der Waals surface area contributed by atoms with E-state index in [9.17, 15) is 0 Å². The minimum Gasteiger partial charge on any atom is -0.444 e. The molecule has 0 aliphatic heterocycles. The molecule has 5 nitrogen and oxygen atoms in total. The SMILES string of the molecule is Cc1cnc(Cn2c(=S)[nH]c3ccc(C#N)cc32)o1.